The first-order chi connectivity index (χ1) is 6.02. The molecular formula is C7H5Br2F2NO. The first-order valence-corrected chi connectivity index (χ1v) is 4.88. The minimum atomic E-state index is -2.83. The Balaban J connectivity index is 3.01. The molecule has 0 aromatic carbocycles. The van der Waals surface area contributed by atoms with Crippen molar-refractivity contribution in [2.75, 3.05) is 0 Å². The summed E-state index contributed by atoms with van der Waals surface area (Å²) in [5.74, 6) is 0. The van der Waals surface area contributed by atoms with Gasteiger partial charge in [-0.25, -0.2) is 8.78 Å². The molecule has 0 radical (unpaired) electrons. The van der Waals surface area contributed by atoms with Gasteiger partial charge in [-0.3, -0.25) is 4.98 Å². The van der Waals surface area contributed by atoms with Gasteiger partial charge in [0.05, 0.1) is 5.69 Å². The highest BCUT2D eigenvalue weighted by Crippen LogP contribution is 2.27. The van der Waals surface area contributed by atoms with E-state index >= 15 is 0 Å². The third kappa shape index (κ3) is 2.69. The maximum atomic E-state index is 12.1. The van der Waals surface area contributed by atoms with Gasteiger partial charge in [0.2, 0.25) is 0 Å². The van der Waals surface area contributed by atoms with Crippen molar-refractivity contribution in [1.29, 1.82) is 0 Å². The molecule has 1 unspecified atom stereocenters. The van der Waals surface area contributed by atoms with E-state index in [1.165, 1.54) is 6.20 Å². The number of hydrogen-bond donors (Lipinski definition) is 1. The number of alkyl halides is 2. The highest BCUT2D eigenvalue weighted by molar-refractivity contribution is 9.11. The van der Waals surface area contributed by atoms with E-state index in [0.717, 1.165) is 0 Å². The molecule has 0 aliphatic rings. The van der Waals surface area contributed by atoms with E-state index in [9.17, 15) is 8.78 Å². The minimum Gasteiger partial charge on any atom is -0.381 e. The van der Waals surface area contributed by atoms with Crippen molar-refractivity contribution in [2.24, 2.45) is 0 Å². The van der Waals surface area contributed by atoms with Gasteiger partial charge in [0.1, 0.15) is 0 Å². The van der Waals surface area contributed by atoms with Crippen LogP contribution in [0.4, 0.5) is 8.78 Å². The summed E-state index contributed by atoms with van der Waals surface area (Å²) < 4.78 is 25.2. The molecule has 0 aliphatic carbocycles. The summed E-state index contributed by atoms with van der Waals surface area (Å²) in [4.78, 5) is 3.68. The summed E-state index contributed by atoms with van der Waals surface area (Å²) in [6.45, 7) is 0. The second-order valence-electron chi connectivity index (χ2n) is 2.30. The van der Waals surface area contributed by atoms with Gasteiger partial charge >= 0.3 is 0 Å². The molecule has 0 fully saturated rings. The third-order valence-corrected chi connectivity index (χ3v) is 2.42. The Bertz CT molecular complexity index is 309. The summed E-state index contributed by atoms with van der Waals surface area (Å²) in [5.41, 5.74) is -0.0572. The predicted molar refractivity (Wildman–Crippen MR) is 50.6 cm³/mol. The maximum Gasteiger partial charge on any atom is 0.269 e. The smallest absolute Gasteiger partial charge is 0.269 e. The van der Waals surface area contributed by atoms with Crippen LogP contribution >= 0.6 is 31.9 Å². The van der Waals surface area contributed by atoms with Crippen molar-refractivity contribution in [2.45, 2.75) is 12.5 Å². The average Bonchev–Trinajstić information content (AvgIpc) is 2.03. The lowest BCUT2D eigenvalue weighted by atomic mass is 10.2. The molecule has 0 saturated heterocycles. The van der Waals surface area contributed by atoms with Crippen molar-refractivity contribution >= 4 is 31.9 Å². The van der Waals surface area contributed by atoms with Crippen LogP contribution in [0.15, 0.2) is 21.2 Å². The normalized spacial score (nSPS) is 13.4. The minimum absolute atomic E-state index is 0.0572. The number of aliphatic hydroxyl groups excluding tert-OH is 1. The Kier molecular flexibility index (Phi) is 3.75. The Labute approximate surface area is 90.2 Å². The van der Waals surface area contributed by atoms with E-state index in [-0.39, 0.29) is 5.69 Å². The fraction of sp³-hybridized carbons (Fsp3) is 0.286. The molecule has 0 bridgehead atoms. The van der Waals surface area contributed by atoms with E-state index < -0.39 is 12.5 Å². The molecule has 0 saturated carbocycles. The molecule has 2 nitrogen and oxygen atoms in total. The molecule has 0 amide bonds. The number of aromatic nitrogens is 1. The predicted octanol–water partition coefficient (Wildman–Crippen LogP) is 2.91. The molecule has 13 heavy (non-hydrogen) atoms. The molecular weight excluding hydrogens is 312 g/mol. The number of hydrogen-bond acceptors (Lipinski definition) is 2. The van der Waals surface area contributed by atoms with Crippen molar-refractivity contribution in [3.05, 3.63) is 26.9 Å². The summed E-state index contributed by atoms with van der Waals surface area (Å²) in [5, 5.41) is 9.01. The van der Waals surface area contributed by atoms with Crippen LogP contribution in [0.5, 0.6) is 0 Å². The maximum absolute atomic E-state index is 12.1. The van der Waals surface area contributed by atoms with Crippen molar-refractivity contribution in [3.8, 4) is 0 Å². The van der Waals surface area contributed by atoms with Gasteiger partial charge in [-0.05, 0) is 37.9 Å². The Morgan fingerprint density at radius 3 is 2.46 bits per heavy atom. The third-order valence-electron chi connectivity index (χ3n) is 1.36. The molecule has 1 N–H and O–H groups in total. The van der Waals surface area contributed by atoms with Gasteiger partial charge in [-0.15, -0.1) is 0 Å². The lowest BCUT2D eigenvalue weighted by Gasteiger charge is -2.10. The second-order valence-corrected chi connectivity index (χ2v) is 4.07. The van der Waals surface area contributed by atoms with Crippen molar-refractivity contribution in [1.82, 2.24) is 4.98 Å². The van der Waals surface area contributed by atoms with Crippen LogP contribution < -0.4 is 0 Å². The highest BCUT2D eigenvalue weighted by Gasteiger charge is 2.22. The van der Waals surface area contributed by atoms with E-state index in [1.807, 2.05) is 0 Å². The fourth-order valence-electron chi connectivity index (χ4n) is 0.762. The zero-order valence-electron chi connectivity index (χ0n) is 6.22. The van der Waals surface area contributed by atoms with Gasteiger partial charge in [-0.2, -0.15) is 0 Å². The van der Waals surface area contributed by atoms with Gasteiger partial charge in [0.15, 0.2) is 6.10 Å². The molecule has 1 rings (SSSR count). The first-order valence-electron chi connectivity index (χ1n) is 3.29. The zero-order valence-corrected chi connectivity index (χ0v) is 9.39. The Hall–Kier alpha value is -0.0700. The van der Waals surface area contributed by atoms with Gasteiger partial charge in [0, 0.05) is 15.1 Å². The number of halogens is 4. The fourth-order valence-corrected chi connectivity index (χ4v) is 1.98. The molecule has 1 atom stereocenters. The average molecular weight is 317 g/mol. The molecule has 0 spiro atoms. The van der Waals surface area contributed by atoms with Crippen LogP contribution in [-0.2, 0) is 0 Å². The molecule has 72 valence electrons. The molecule has 1 heterocycles. The van der Waals surface area contributed by atoms with E-state index in [2.05, 4.69) is 36.8 Å². The molecule has 0 aliphatic heterocycles. The quantitative estimate of drug-likeness (QED) is 0.910. The zero-order chi connectivity index (χ0) is 10.0. The molecule has 6 heteroatoms. The Morgan fingerprint density at radius 1 is 1.38 bits per heavy atom. The van der Waals surface area contributed by atoms with E-state index in [1.54, 1.807) is 6.07 Å². The number of nitrogens with zero attached hydrogens (tertiary/aromatic N) is 1. The van der Waals surface area contributed by atoms with Crippen LogP contribution in [-0.4, -0.2) is 16.5 Å². The van der Waals surface area contributed by atoms with Crippen LogP contribution in [0.2, 0.25) is 0 Å². The SMILES string of the molecule is OC(c1ncc(Br)cc1Br)C(F)F. The lowest BCUT2D eigenvalue weighted by molar-refractivity contribution is -0.00865. The van der Waals surface area contributed by atoms with Gasteiger partial charge in [0.25, 0.3) is 6.43 Å². The molecule has 1 aromatic heterocycles. The van der Waals surface area contributed by atoms with E-state index in [4.69, 9.17) is 5.11 Å². The summed E-state index contributed by atoms with van der Waals surface area (Å²) in [6, 6.07) is 1.55. The van der Waals surface area contributed by atoms with Gasteiger partial charge < -0.3 is 5.11 Å². The standard InChI is InChI=1S/C7H5Br2F2NO/c8-3-1-4(9)5(12-2-3)6(13)7(10)11/h1-2,6-7,13H. The van der Waals surface area contributed by atoms with Crippen LogP contribution in [0.25, 0.3) is 0 Å². The second kappa shape index (κ2) is 4.43. The first kappa shape index (κ1) is 11.0. The highest BCUT2D eigenvalue weighted by atomic mass is 79.9. The topological polar surface area (TPSA) is 33.1 Å². The van der Waals surface area contributed by atoms with E-state index in [0.29, 0.717) is 8.95 Å². The van der Waals surface area contributed by atoms with Crippen molar-refractivity contribution in [3.63, 3.8) is 0 Å². The monoisotopic (exact) mass is 315 g/mol. The molecule has 1 aromatic rings. The van der Waals surface area contributed by atoms with Gasteiger partial charge in [-0.1, -0.05) is 0 Å². The van der Waals surface area contributed by atoms with Crippen LogP contribution in [0.1, 0.15) is 11.8 Å². The largest absolute Gasteiger partial charge is 0.381 e. The van der Waals surface area contributed by atoms with Crippen LogP contribution in [0.3, 0.4) is 0 Å². The lowest BCUT2D eigenvalue weighted by Crippen LogP contribution is -2.10. The van der Waals surface area contributed by atoms with Crippen molar-refractivity contribution < 1.29 is 13.9 Å². The van der Waals surface area contributed by atoms with Crippen LogP contribution in [0, 0.1) is 0 Å². The number of pyridine rings is 1. The number of rotatable bonds is 2. The summed E-state index contributed by atoms with van der Waals surface area (Å²) >= 11 is 6.15. The summed E-state index contributed by atoms with van der Waals surface area (Å²) in [7, 11) is 0. The Morgan fingerprint density at radius 2 is 2.00 bits per heavy atom. The summed E-state index contributed by atoms with van der Waals surface area (Å²) in [6.07, 6.45) is -3.32. The number of aliphatic hydroxyl groups is 1.